The molecule has 1 unspecified atom stereocenters. The molecule has 3 heterocycles. The first-order chi connectivity index (χ1) is 19.7. The normalized spacial score (nSPS) is 21.6. The van der Waals surface area contributed by atoms with E-state index in [2.05, 4.69) is 4.98 Å². The van der Waals surface area contributed by atoms with Gasteiger partial charge in [0.05, 0.1) is 30.4 Å². The predicted molar refractivity (Wildman–Crippen MR) is 138 cm³/mol. The largest absolute Gasteiger partial charge is 0.481 e. The van der Waals surface area contributed by atoms with E-state index in [1.807, 2.05) is 0 Å². The number of hydrogen-bond donors (Lipinski definition) is 0. The molecule has 0 bridgehead atoms. The highest BCUT2D eigenvalue weighted by Crippen LogP contribution is 2.45. The zero-order valence-electron chi connectivity index (χ0n) is 22.3. The molecule has 0 spiro atoms. The van der Waals surface area contributed by atoms with Crippen molar-refractivity contribution in [2.24, 2.45) is 0 Å². The minimum atomic E-state index is -5.01. The van der Waals surface area contributed by atoms with E-state index in [4.69, 9.17) is 9.47 Å². The van der Waals surface area contributed by atoms with Crippen LogP contribution in [0.25, 0.3) is 5.57 Å². The number of ether oxygens (including phenoxy) is 2. The van der Waals surface area contributed by atoms with E-state index in [0.29, 0.717) is 41.1 Å². The van der Waals surface area contributed by atoms with Crippen LogP contribution in [-0.2, 0) is 21.9 Å². The van der Waals surface area contributed by atoms with E-state index in [9.17, 15) is 35.5 Å². The maximum atomic E-state index is 13.8. The number of nitrogens with zero attached hydrogens (tertiary/aromatic N) is 2. The zero-order chi connectivity index (χ0) is 30.4. The fourth-order valence-corrected chi connectivity index (χ4v) is 5.62. The highest BCUT2D eigenvalue weighted by molar-refractivity contribution is 5.98. The van der Waals surface area contributed by atoms with Gasteiger partial charge >= 0.3 is 12.4 Å². The number of hydrogen-bond acceptors (Lipinski definition) is 4. The van der Waals surface area contributed by atoms with Crippen LogP contribution in [0.15, 0.2) is 66.9 Å². The highest BCUT2D eigenvalue weighted by atomic mass is 19.4. The lowest BCUT2D eigenvalue weighted by molar-refractivity contribution is -0.143. The Bertz CT molecular complexity index is 1470. The fourth-order valence-electron chi connectivity index (χ4n) is 5.62. The molecule has 12 heteroatoms. The molecule has 3 aromatic rings. The maximum Gasteiger partial charge on any atom is 0.416 e. The number of benzene rings is 2. The van der Waals surface area contributed by atoms with Gasteiger partial charge in [-0.25, -0.2) is 9.37 Å². The number of aromatic nitrogens is 1. The first-order valence-electron chi connectivity index (χ1n) is 13.0. The zero-order valence-corrected chi connectivity index (χ0v) is 22.3. The maximum absolute atomic E-state index is 13.8. The van der Waals surface area contributed by atoms with Crippen LogP contribution in [0.4, 0.5) is 30.7 Å². The molecule has 0 N–H and O–H groups in total. The Labute approximate surface area is 236 Å². The van der Waals surface area contributed by atoms with E-state index in [1.165, 1.54) is 50.6 Å². The molecule has 5 rings (SSSR count). The van der Waals surface area contributed by atoms with E-state index in [0.717, 1.165) is 0 Å². The molecule has 1 fully saturated rings. The van der Waals surface area contributed by atoms with Crippen molar-refractivity contribution >= 4 is 11.5 Å². The van der Waals surface area contributed by atoms with Crippen LogP contribution in [0.5, 0.6) is 5.88 Å². The molecule has 0 saturated carbocycles. The summed E-state index contributed by atoms with van der Waals surface area (Å²) in [4.78, 5) is 18.9. The molecule has 2 aromatic carbocycles. The van der Waals surface area contributed by atoms with Crippen molar-refractivity contribution in [1.82, 2.24) is 9.88 Å². The van der Waals surface area contributed by atoms with E-state index >= 15 is 0 Å². The summed E-state index contributed by atoms with van der Waals surface area (Å²) >= 11 is 0. The van der Waals surface area contributed by atoms with Crippen molar-refractivity contribution in [3.63, 3.8) is 0 Å². The van der Waals surface area contributed by atoms with Gasteiger partial charge in [-0.2, -0.15) is 26.3 Å². The Morgan fingerprint density at radius 1 is 0.952 bits per heavy atom. The molecule has 222 valence electrons. The molecule has 4 atom stereocenters. The second-order valence-corrected chi connectivity index (χ2v) is 10.3. The van der Waals surface area contributed by atoms with Gasteiger partial charge in [0.1, 0.15) is 5.82 Å². The monoisotopic (exact) mass is 594 g/mol. The SMILES string of the molecule is COc1cc(C2=CC(=O)N3C[C@H](O[C@H](C)c4cc(C(F)(F)F)cc(C(F)(F)F)c4)[C@@H](c4ccc(F)cc4)C3C2)ccn1. The fraction of sp³-hybridized carbons (Fsp3) is 0.333. The Morgan fingerprint density at radius 3 is 2.19 bits per heavy atom. The Balaban J connectivity index is 1.49. The quantitative estimate of drug-likeness (QED) is 0.284. The second kappa shape index (κ2) is 11.0. The van der Waals surface area contributed by atoms with Gasteiger partial charge in [-0.05, 0) is 72.0 Å². The Hall–Kier alpha value is -3.93. The van der Waals surface area contributed by atoms with Gasteiger partial charge in [0.15, 0.2) is 0 Å². The van der Waals surface area contributed by atoms with Crippen molar-refractivity contribution in [3.8, 4) is 5.88 Å². The van der Waals surface area contributed by atoms with Crippen LogP contribution in [0, 0.1) is 5.82 Å². The number of amides is 1. The first kappa shape index (κ1) is 29.6. The molecule has 2 aliphatic rings. The number of alkyl halides is 6. The Kier molecular flexibility index (Phi) is 7.78. The third-order valence-corrected chi connectivity index (χ3v) is 7.63. The van der Waals surface area contributed by atoms with Crippen LogP contribution in [0.2, 0.25) is 0 Å². The summed E-state index contributed by atoms with van der Waals surface area (Å²) in [6.45, 7) is 1.40. The third kappa shape index (κ3) is 5.99. The van der Waals surface area contributed by atoms with Crippen molar-refractivity contribution in [1.29, 1.82) is 0 Å². The van der Waals surface area contributed by atoms with Gasteiger partial charge in [-0.15, -0.1) is 0 Å². The predicted octanol–water partition coefficient (Wildman–Crippen LogP) is 7.20. The molecule has 2 aliphatic heterocycles. The minimum absolute atomic E-state index is 0.0322. The minimum Gasteiger partial charge on any atom is -0.481 e. The Morgan fingerprint density at radius 2 is 1.60 bits per heavy atom. The van der Waals surface area contributed by atoms with Crippen LogP contribution < -0.4 is 4.74 Å². The molecular formula is C30H25F7N2O3. The van der Waals surface area contributed by atoms with Crippen molar-refractivity contribution in [2.75, 3.05) is 13.7 Å². The van der Waals surface area contributed by atoms with Crippen LogP contribution in [-0.4, -0.2) is 41.6 Å². The number of fused-ring (bicyclic) bond motifs is 1. The van der Waals surface area contributed by atoms with Crippen LogP contribution >= 0.6 is 0 Å². The van der Waals surface area contributed by atoms with Crippen LogP contribution in [0.3, 0.4) is 0 Å². The number of methoxy groups -OCH3 is 1. The van der Waals surface area contributed by atoms with Crippen molar-refractivity contribution in [3.05, 3.63) is 101 Å². The number of pyridine rings is 1. The lowest BCUT2D eigenvalue weighted by atomic mass is 9.83. The molecular weight excluding hydrogens is 569 g/mol. The molecule has 0 aliphatic carbocycles. The molecule has 5 nitrogen and oxygen atoms in total. The summed E-state index contributed by atoms with van der Waals surface area (Å²) in [5.41, 5.74) is -1.20. The lowest BCUT2D eigenvalue weighted by Gasteiger charge is -2.33. The van der Waals surface area contributed by atoms with Gasteiger partial charge < -0.3 is 14.4 Å². The van der Waals surface area contributed by atoms with Crippen molar-refractivity contribution in [2.45, 2.75) is 49.9 Å². The smallest absolute Gasteiger partial charge is 0.416 e. The first-order valence-corrected chi connectivity index (χ1v) is 13.0. The van der Waals surface area contributed by atoms with Crippen LogP contribution in [0.1, 0.15) is 53.2 Å². The lowest BCUT2D eigenvalue weighted by Crippen LogP contribution is -2.39. The summed E-state index contributed by atoms with van der Waals surface area (Å²) in [5.74, 6) is -1.04. The van der Waals surface area contributed by atoms with E-state index in [-0.39, 0.29) is 24.1 Å². The number of carbonyl (C=O) groups is 1. The van der Waals surface area contributed by atoms with Gasteiger partial charge in [-0.1, -0.05) is 12.1 Å². The van der Waals surface area contributed by atoms with Gasteiger partial charge in [0, 0.05) is 36.8 Å². The second-order valence-electron chi connectivity index (χ2n) is 10.3. The molecule has 0 radical (unpaired) electrons. The molecule has 42 heavy (non-hydrogen) atoms. The van der Waals surface area contributed by atoms with Gasteiger partial charge in [0.2, 0.25) is 11.8 Å². The van der Waals surface area contributed by atoms with E-state index < -0.39 is 53.5 Å². The average molecular weight is 595 g/mol. The van der Waals surface area contributed by atoms with E-state index in [1.54, 1.807) is 17.0 Å². The van der Waals surface area contributed by atoms with Gasteiger partial charge in [-0.3, -0.25) is 4.79 Å². The number of halogens is 7. The average Bonchev–Trinajstić information content (AvgIpc) is 3.30. The molecule has 1 aromatic heterocycles. The standard InChI is InChI=1S/C30H25F7N2O3/c1-16(19-9-21(29(32,33)34)14-22(10-19)30(35,36)37)42-25-15-39-24(28(25)17-3-5-23(31)6-4-17)11-20(13-27(39)40)18-7-8-38-26(12-18)41-2/h3-10,12-14,16,24-25,28H,11,15H2,1-2H3/t16-,24?,25+,28+/m1/s1. The van der Waals surface area contributed by atoms with Crippen molar-refractivity contribution < 1.29 is 45.0 Å². The summed E-state index contributed by atoms with van der Waals surface area (Å²) < 4.78 is 106. The number of carbonyl (C=O) groups excluding carboxylic acids is 1. The molecule has 1 saturated heterocycles. The summed E-state index contributed by atoms with van der Waals surface area (Å²) in [7, 11) is 1.46. The number of rotatable bonds is 6. The summed E-state index contributed by atoms with van der Waals surface area (Å²) in [6.07, 6.45) is -8.67. The summed E-state index contributed by atoms with van der Waals surface area (Å²) in [5, 5.41) is 0. The topological polar surface area (TPSA) is 51.7 Å². The highest BCUT2D eigenvalue weighted by Gasteiger charge is 2.48. The summed E-state index contributed by atoms with van der Waals surface area (Å²) in [6, 6.07) is 9.82. The van der Waals surface area contributed by atoms with Gasteiger partial charge in [0.25, 0.3) is 0 Å². The third-order valence-electron chi connectivity index (χ3n) is 7.63. The molecule has 1 amide bonds.